The second-order valence-corrected chi connectivity index (χ2v) is 9.11. The van der Waals surface area contributed by atoms with Crippen LogP contribution in [0.1, 0.15) is 48.1 Å². The Labute approximate surface area is 205 Å². The number of carbonyl (C=O) groups excluding carboxylic acids is 2. The number of aliphatic hydroxyl groups is 1. The number of rotatable bonds is 5. The molecule has 1 aromatic carbocycles. The smallest absolute Gasteiger partial charge is 0.343 e. The normalized spacial score (nSPS) is 18.0. The fraction of sp³-hybridized carbons (Fsp3) is 0.385. The summed E-state index contributed by atoms with van der Waals surface area (Å²) in [5, 5.41) is 14.4. The molecule has 0 unspecified atom stereocenters. The average molecular weight is 496 g/mol. The molecule has 9 nitrogen and oxygen atoms in total. The van der Waals surface area contributed by atoms with Crippen LogP contribution in [0.3, 0.4) is 0 Å². The second kappa shape index (κ2) is 8.49. The molecular formula is C26H26FN3O6. The molecule has 1 amide bonds. The quantitative estimate of drug-likeness (QED) is 0.409. The van der Waals surface area contributed by atoms with E-state index >= 15 is 0 Å². The van der Waals surface area contributed by atoms with Crippen LogP contribution in [0.25, 0.3) is 22.3 Å². The number of hydrogen-bond acceptors (Lipinski definition) is 7. The number of halogens is 1. The Kier molecular flexibility index (Phi) is 5.68. The first-order chi connectivity index (χ1) is 17.2. The standard InChI is InChI=1S/C26H26FN3O6/c1-5-13-14-9-30-19(7-16-15(24(30)32)10-36-25(33)26(16,34)6-2)23(14)28-18-8-17(27)12(3)22(21(13)18)29-20(31)11-35-4/h7-8,34H,5-6,9-11H2,1-4H3,(H,29,31)/t26-/m0/s1. The van der Waals surface area contributed by atoms with Crippen LogP contribution in [0.4, 0.5) is 10.1 Å². The van der Waals surface area contributed by atoms with E-state index in [0.29, 0.717) is 34.4 Å². The zero-order chi connectivity index (χ0) is 25.9. The Bertz CT molecular complexity index is 1530. The highest BCUT2D eigenvalue weighted by Crippen LogP contribution is 2.42. The third kappa shape index (κ3) is 3.28. The number of amides is 1. The Morgan fingerprint density at radius 1 is 1.31 bits per heavy atom. The van der Waals surface area contributed by atoms with Crippen molar-refractivity contribution in [3.8, 4) is 11.4 Å². The largest absolute Gasteiger partial charge is 0.458 e. The summed E-state index contributed by atoms with van der Waals surface area (Å²) in [6.07, 6.45) is 0.567. The first-order valence-electron chi connectivity index (χ1n) is 11.8. The van der Waals surface area contributed by atoms with Gasteiger partial charge >= 0.3 is 5.97 Å². The summed E-state index contributed by atoms with van der Waals surface area (Å²) in [7, 11) is 1.40. The predicted octanol–water partition coefficient (Wildman–Crippen LogP) is 2.67. The van der Waals surface area contributed by atoms with Gasteiger partial charge in [-0.1, -0.05) is 13.8 Å². The minimum atomic E-state index is -1.93. The van der Waals surface area contributed by atoms with Crippen molar-refractivity contribution in [2.24, 2.45) is 0 Å². The van der Waals surface area contributed by atoms with E-state index in [4.69, 9.17) is 14.5 Å². The van der Waals surface area contributed by atoms with Crippen LogP contribution in [-0.4, -0.2) is 40.3 Å². The number of pyridine rings is 2. The zero-order valence-electron chi connectivity index (χ0n) is 20.5. The second-order valence-electron chi connectivity index (χ2n) is 9.11. The Morgan fingerprint density at radius 2 is 2.06 bits per heavy atom. The zero-order valence-corrected chi connectivity index (χ0v) is 20.5. The molecular weight excluding hydrogens is 469 g/mol. The minimum Gasteiger partial charge on any atom is -0.458 e. The van der Waals surface area contributed by atoms with Crippen LogP contribution in [0.15, 0.2) is 16.9 Å². The number of nitrogens with one attached hydrogen (secondary N) is 1. The van der Waals surface area contributed by atoms with Crippen molar-refractivity contribution in [1.82, 2.24) is 9.55 Å². The third-order valence-electron chi connectivity index (χ3n) is 7.18. The van der Waals surface area contributed by atoms with Crippen molar-refractivity contribution in [2.45, 2.75) is 52.4 Å². The van der Waals surface area contributed by atoms with Gasteiger partial charge in [-0.2, -0.15) is 0 Å². The van der Waals surface area contributed by atoms with Gasteiger partial charge in [0.05, 0.1) is 34.7 Å². The van der Waals surface area contributed by atoms with Crippen LogP contribution in [0.5, 0.6) is 0 Å². The molecule has 36 heavy (non-hydrogen) atoms. The molecule has 3 aromatic rings. The Hall–Kier alpha value is -3.63. The van der Waals surface area contributed by atoms with Crippen LogP contribution in [0, 0.1) is 12.7 Å². The van der Waals surface area contributed by atoms with Gasteiger partial charge < -0.3 is 24.5 Å². The van der Waals surface area contributed by atoms with Gasteiger partial charge in [0.1, 0.15) is 19.0 Å². The maximum atomic E-state index is 14.9. The van der Waals surface area contributed by atoms with Crippen LogP contribution < -0.4 is 10.9 Å². The number of esters is 1. The van der Waals surface area contributed by atoms with Gasteiger partial charge in [-0.15, -0.1) is 0 Å². The molecule has 0 radical (unpaired) electrons. The summed E-state index contributed by atoms with van der Waals surface area (Å²) in [6.45, 7) is 4.96. The van der Waals surface area contributed by atoms with Crippen LogP contribution in [0.2, 0.25) is 0 Å². The molecule has 2 N–H and O–H groups in total. The van der Waals surface area contributed by atoms with Crippen molar-refractivity contribution in [2.75, 3.05) is 19.0 Å². The SMILES string of the molecule is CCc1c2c(nc3cc(F)c(C)c(NC(=O)COC)c13)-c1cc3c(c(=O)n1C2)COC(=O)[C@]3(O)CC. The van der Waals surface area contributed by atoms with Gasteiger partial charge in [-0.3, -0.25) is 9.59 Å². The summed E-state index contributed by atoms with van der Waals surface area (Å²) in [6, 6.07) is 2.94. The number of cyclic esters (lactones) is 1. The average Bonchev–Trinajstić information content (AvgIpc) is 3.22. The number of aromatic nitrogens is 2. The van der Waals surface area contributed by atoms with E-state index in [2.05, 4.69) is 5.32 Å². The molecule has 0 bridgehead atoms. The van der Waals surface area contributed by atoms with E-state index in [1.54, 1.807) is 19.9 Å². The first-order valence-corrected chi connectivity index (χ1v) is 11.8. The van der Waals surface area contributed by atoms with Crippen molar-refractivity contribution < 1.29 is 28.6 Å². The van der Waals surface area contributed by atoms with E-state index < -0.39 is 23.3 Å². The lowest BCUT2D eigenvalue weighted by Crippen LogP contribution is -2.44. The topological polar surface area (TPSA) is 120 Å². The van der Waals surface area contributed by atoms with Gasteiger partial charge in [-0.25, -0.2) is 14.2 Å². The fourth-order valence-electron chi connectivity index (χ4n) is 5.26. The number of nitrogens with zero attached hydrogens (tertiary/aromatic N) is 2. The van der Waals surface area contributed by atoms with E-state index in [9.17, 15) is 23.9 Å². The number of fused-ring (bicyclic) bond motifs is 5. The maximum Gasteiger partial charge on any atom is 0.343 e. The number of methoxy groups -OCH3 is 1. The molecule has 2 aliphatic heterocycles. The highest BCUT2D eigenvalue weighted by atomic mass is 19.1. The Morgan fingerprint density at radius 3 is 2.72 bits per heavy atom. The third-order valence-corrected chi connectivity index (χ3v) is 7.18. The molecule has 0 fully saturated rings. The molecule has 0 spiro atoms. The number of aryl methyl sites for hydroxylation is 1. The molecule has 4 heterocycles. The number of ether oxygens (including phenoxy) is 2. The van der Waals surface area contributed by atoms with Crippen LogP contribution in [-0.2, 0) is 44.2 Å². The molecule has 2 aliphatic rings. The molecule has 10 heteroatoms. The van der Waals surface area contributed by atoms with Gasteiger partial charge in [0, 0.05) is 35.3 Å². The lowest BCUT2D eigenvalue weighted by Gasteiger charge is -2.31. The summed E-state index contributed by atoms with van der Waals surface area (Å²) in [4.78, 5) is 42.9. The number of benzene rings is 1. The van der Waals surface area contributed by atoms with E-state index in [0.717, 1.165) is 11.1 Å². The van der Waals surface area contributed by atoms with E-state index in [1.165, 1.54) is 17.7 Å². The molecule has 188 valence electrons. The van der Waals surface area contributed by atoms with Crippen molar-refractivity contribution in [3.05, 3.63) is 56.1 Å². The number of hydrogen-bond donors (Lipinski definition) is 2. The molecule has 1 atom stereocenters. The molecule has 0 aliphatic carbocycles. The fourth-order valence-corrected chi connectivity index (χ4v) is 5.26. The summed E-state index contributed by atoms with van der Waals surface area (Å²) >= 11 is 0. The lowest BCUT2D eigenvalue weighted by molar-refractivity contribution is -0.172. The van der Waals surface area contributed by atoms with Crippen LogP contribution >= 0.6 is 0 Å². The van der Waals surface area contributed by atoms with Crippen molar-refractivity contribution >= 4 is 28.5 Å². The molecule has 2 aromatic heterocycles. The number of carbonyl (C=O) groups is 2. The highest BCUT2D eigenvalue weighted by molar-refractivity contribution is 6.05. The minimum absolute atomic E-state index is 0.0367. The molecule has 0 saturated carbocycles. The van der Waals surface area contributed by atoms with Gasteiger partial charge in [0.25, 0.3) is 5.56 Å². The summed E-state index contributed by atoms with van der Waals surface area (Å²) < 4.78 is 26.5. The number of anilines is 1. The van der Waals surface area contributed by atoms with Crippen molar-refractivity contribution in [3.63, 3.8) is 0 Å². The van der Waals surface area contributed by atoms with Gasteiger partial charge in [0.2, 0.25) is 5.91 Å². The summed E-state index contributed by atoms with van der Waals surface area (Å²) in [5.74, 6) is -1.76. The van der Waals surface area contributed by atoms with Gasteiger partial charge in [-0.05, 0) is 31.4 Å². The monoisotopic (exact) mass is 495 g/mol. The summed E-state index contributed by atoms with van der Waals surface area (Å²) in [5.41, 5.74) is 1.57. The maximum absolute atomic E-state index is 14.9. The van der Waals surface area contributed by atoms with Gasteiger partial charge in [0.15, 0.2) is 5.60 Å². The Balaban J connectivity index is 1.80. The van der Waals surface area contributed by atoms with Crippen molar-refractivity contribution in [1.29, 1.82) is 0 Å². The first kappa shape index (κ1) is 24.1. The lowest BCUT2D eigenvalue weighted by atomic mass is 9.86. The van der Waals surface area contributed by atoms with E-state index in [1.807, 2.05) is 6.92 Å². The highest BCUT2D eigenvalue weighted by Gasteiger charge is 2.45. The molecule has 0 saturated heterocycles. The van der Waals surface area contributed by atoms with E-state index in [-0.39, 0.29) is 48.4 Å². The predicted molar refractivity (Wildman–Crippen MR) is 129 cm³/mol. The molecule has 5 rings (SSSR count).